The topological polar surface area (TPSA) is 49.3 Å². The van der Waals surface area contributed by atoms with E-state index in [-0.39, 0.29) is 24.0 Å². The molecular weight excluding hydrogens is 234 g/mol. The number of rotatable bonds is 4. The third kappa shape index (κ3) is 3.82. The Balaban J connectivity index is 2.75. The Bertz CT molecular complexity index is 379. The van der Waals surface area contributed by atoms with E-state index in [1.54, 1.807) is 0 Å². The lowest BCUT2D eigenvalue weighted by Gasteiger charge is -2.31. The van der Waals surface area contributed by atoms with E-state index in [1.165, 1.54) is 11.3 Å². The molecule has 4 heteroatoms. The molecule has 0 aliphatic heterocycles. The fourth-order valence-electron chi connectivity index (χ4n) is 1.68. The van der Waals surface area contributed by atoms with E-state index in [0.717, 1.165) is 11.1 Å². The summed E-state index contributed by atoms with van der Waals surface area (Å²) in [4.78, 5) is 12.1. The molecule has 1 rings (SSSR count). The highest BCUT2D eigenvalue weighted by molar-refractivity contribution is 7.08. The second-order valence-electron chi connectivity index (χ2n) is 5.37. The number of thiophene rings is 1. The van der Waals surface area contributed by atoms with E-state index in [4.69, 9.17) is 5.11 Å². The summed E-state index contributed by atoms with van der Waals surface area (Å²) in [6.45, 7) is 8.21. The molecule has 17 heavy (non-hydrogen) atoms. The lowest BCUT2D eigenvalue weighted by Crippen LogP contribution is -2.44. The van der Waals surface area contributed by atoms with Crippen LogP contribution in [-0.2, 0) is 0 Å². The summed E-state index contributed by atoms with van der Waals surface area (Å²) in [6.07, 6.45) is 0.582. The van der Waals surface area contributed by atoms with E-state index >= 15 is 0 Å². The molecule has 1 aromatic heterocycles. The smallest absolute Gasteiger partial charge is 0.252 e. The normalized spacial score (nSPS) is 13.5. The van der Waals surface area contributed by atoms with Gasteiger partial charge in [-0.1, -0.05) is 20.8 Å². The van der Waals surface area contributed by atoms with Gasteiger partial charge in [0.15, 0.2) is 0 Å². The average molecular weight is 255 g/mol. The minimum atomic E-state index is -0.0533. The lowest BCUT2D eigenvalue weighted by molar-refractivity contribution is 0.0885. The predicted molar refractivity (Wildman–Crippen MR) is 71.5 cm³/mol. The van der Waals surface area contributed by atoms with Gasteiger partial charge >= 0.3 is 0 Å². The van der Waals surface area contributed by atoms with E-state index in [1.807, 2.05) is 17.7 Å². The van der Waals surface area contributed by atoms with Gasteiger partial charge in [-0.25, -0.2) is 0 Å². The third-order valence-electron chi connectivity index (χ3n) is 2.87. The summed E-state index contributed by atoms with van der Waals surface area (Å²) in [7, 11) is 0. The zero-order valence-corrected chi connectivity index (χ0v) is 11.7. The summed E-state index contributed by atoms with van der Waals surface area (Å²) >= 11 is 1.53. The highest BCUT2D eigenvalue weighted by Gasteiger charge is 2.26. The molecule has 0 saturated carbocycles. The summed E-state index contributed by atoms with van der Waals surface area (Å²) in [5.74, 6) is -0.0443. The first kappa shape index (κ1) is 14.2. The first-order valence-corrected chi connectivity index (χ1v) is 6.75. The van der Waals surface area contributed by atoms with Crippen LogP contribution >= 0.6 is 11.3 Å². The number of amides is 1. The largest absolute Gasteiger partial charge is 0.396 e. The molecule has 0 aromatic carbocycles. The van der Waals surface area contributed by atoms with Crippen molar-refractivity contribution < 1.29 is 9.90 Å². The predicted octanol–water partition coefficient (Wildman–Crippen LogP) is 2.58. The van der Waals surface area contributed by atoms with Gasteiger partial charge in [-0.2, -0.15) is 11.3 Å². The molecule has 0 aliphatic carbocycles. The Labute approximate surface area is 107 Å². The molecule has 1 amide bonds. The number of aryl methyl sites for hydroxylation is 1. The van der Waals surface area contributed by atoms with Crippen molar-refractivity contribution in [3.05, 3.63) is 21.9 Å². The van der Waals surface area contributed by atoms with E-state index < -0.39 is 0 Å². The van der Waals surface area contributed by atoms with Crippen LogP contribution in [0.25, 0.3) is 0 Å². The average Bonchev–Trinajstić information content (AvgIpc) is 2.62. The van der Waals surface area contributed by atoms with Crippen molar-refractivity contribution in [3.8, 4) is 0 Å². The van der Waals surface area contributed by atoms with E-state index in [2.05, 4.69) is 26.1 Å². The number of hydrogen-bond donors (Lipinski definition) is 2. The zero-order chi connectivity index (χ0) is 13.1. The molecule has 1 unspecified atom stereocenters. The summed E-state index contributed by atoms with van der Waals surface area (Å²) < 4.78 is 0. The van der Waals surface area contributed by atoms with Gasteiger partial charge < -0.3 is 10.4 Å². The Kier molecular flexibility index (Phi) is 4.71. The molecule has 96 valence electrons. The van der Waals surface area contributed by atoms with Gasteiger partial charge in [0.05, 0.1) is 5.56 Å². The summed E-state index contributed by atoms with van der Waals surface area (Å²) in [5, 5.41) is 15.9. The fourth-order valence-corrected chi connectivity index (χ4v) is 2.51. The monoisotopic (exact) mass is 255 g/mol. The van der Waals surface area contributed by atoms with Crippen LogP contribution in [0.2, 0.25) is 0 Å². The van der Waals surface area contributed by atoms with Gasteiger partial charge in [-0.15, -0.1) is 0 Å². The highest BCUT2D eigenvalue weighted by atomic mass is 32.1. The van der Waals surface area contributed by atoms with Crippen LogP contribution in [0.15, 0.2) is 10.8 Å². The van der Waals surface area contributed by atoms with Crippen LogP contribution in [0.1, 0.15) is 43.1 Å². The van der Waals surface area contributed by atoms with E-state index in [9.17, 15) is 4.79 Å². The maximum atomic E-state index is 12.1. The van der Waals surface area contributed by atoms with Crippen molar-refractivity contribution in [2.45, 2.75) is 40.2 Å². The second-order valence-corrected chi connectivity index (χ2v) is 6.12. The van der Waals surface area contributed by atoms with Crippen LogP contribution in [0, 0.1) is 12.3 Å². The molecule has 3 nitrogen and oxygen atoms in total. The number of carbonyl (C=O) groups is 1. The van der Waals surface area contributed by atoms with Crippen LogP contribution < -0.4 is 5.32 Å². The molecule has 0 spiro atoms. The maximum Gasteiger partial charge on any atom is 0.252 e. The molecule has 1 heterocycles. The number of nitrogens with one attached hydrogen (secondary N) is 1. The van der Waals surface area contributed by atoms with Gasteiger partial charge in [0, 0.05) is 18.0 Å². The van der Waals surface area contributed by atoms with E-state index in [0.29, 0.717) is 6.42 Å². The van der Waals surface area contributed by atoms with Crippen LogP contribution in [-0.4, -0.2) is 23.7 Å². The SMILES string of the molecule is Cc1cscc1C(=O)NC(CCO)C(C)(C)C. The molecule has 1 atom stereocenters. The molecule has 0 fully saturated rings. The van der Waals surface area contributed by atoms with Gasteiger partial charge in [0.1, 0.15) is 0 Å². The third-order valence-corrected chi connectivity index (χ3v) is 3.73. The van der Waals surface area contributed by atoms with Crippen molar-refractivity contribution >= 4 is 17.2 Å². The van der Waals surface area contributed by atoms with Crippen LogP contribution in [0.3, 0.4) is 0 Å². The first-order valence-electron chi connectivity index (χ1n) is 5.80. The summed E-state index contributed by atoms with van der Waals surface area (Å²) in [5.41, 5.74) is 1.69. The Morgan fingerprint density at radius 1 is 1.47 bits per heavy atom. The molecule has 1 aromatic rings. The first-order chi connectivity index (χ1) is 7.86. The van der Waals surface area contributed by atoms with Crippen molar-refractivity contribution in [2.24, 2.45) is 5.41 Å². The van der Waals surface area contributed by atoms with Crippen molar-refractivity contribution in [3.63, 3.8) is 0 Å². The van der Waals surface area contributed by atoms with Crippen molar-refractivity contribution in [1.29, 1.82) is 0 Å². The molecule has 0 aliphatic rings. The Morgan fingerprint density at radius 3 is 2.53 bits per heavy atom. The number of aliphatic hydroxyl groups excluding tert-OH is 1. The van der Waals surface area contributed by atoms with Gasteiger partial charge in [0.2, 0.25) is 0 Å². The molecular formula is C13H21NO2S. The quantitative estimate of drug-likeness (QED) is 0.868. The molecule has 0 saturated heterocycles. The van der Waals surface area contributed by atoms with Crippen molar-refractivity contribution in [1.82, 2.24) is 5.32 Å². The van der Waals surface area contributed by atoms with Gasteiger partial charge in [-0.3, -0.25) is 4.79 Å². The molecule has 2 N–H and O–H groups in total. The standard InChI is InChI=1S/C13H21NO2S/c1-9-7-17-8-10(9)12(16)14-11(5-6-15)13(2,3)4/h7-8,11,15H,5-6H2,1-4H3,(H,14,16). The second kappa shape index (κ2) is 5.65. The minimum absolute atomic E-state index is 0.0145. The van der Waals surface area contributed by atoms with Gasteiger partial charge in [0.25, 0.3) is 5.91 Å². The highest BCUT2D eigenvalue weighted by Crippen LogP contribution is 2.22. The number of hydrogen-bond acceptors (Lipinski definition) is 3. The maximum absolute atomic E-state index is 12.1. The molecule has 0 bridgehead atoms. The Morgan fingerprint density at radius 2 is 2.12 bits per heavy atom. The van der Waals surface area contributed by atoms with Gasteiger partial charge in [-0.05, 0) is 29.7 Å². The van der Waals surface area contributed by atoms with Crippen LogP contribution in [0.5, 0.6) is 0 Å². The number of aliphatic hydroxyl groups is 1. The van der Waals surface area contributed by atoms with Crippen molar-refractivity contribution in [2.75, 3.05) is 6.61 Å². The minimum Gasteiger partial charge on any atom is -0.396 e. The summed E-state index contributed by atoms with van der Waals surface area (Å²) in [6, 6.07) is -0.0145. The van der Waals surface area contributed by atoms with Crippen LogP contribution in [0.4, 0.5) is 0 Å². The Hall–Kier alpha value is -0.870. The number of carbonyl (C=O) groups excluding carboxylic acids is 1. The zero-order valence-electron chi connectivity index (χ0n) is 10.9. The molecule has 0 radical (unpaired) electrons. The lowest BCUT2D eigenvalue weighted by atomic mass is 9.84. The fraction of sp³-hybridized carbons (Fsp3) is 0.615.